The van der Waals surface area contributed by atoms with Gasteiger partial charge >= 0.3 is 18.9 Å². The third kappa shape index (κ3) is 1.98. The third-order valence-corrected chi connectivity index (χ3v) is 4.48. The molecule has 1 heterocycles. The van der Waals surface area contributed by atoms with Gasteiger partial charge < -0.3 is 11.3 Å². The molecule has 1 aromatic rings. The number of benzene rings is 1. The molecule has 0 spiro atoms. The van der Waals surface area contributed by atoms with Crippen molar-refractivity contribution in [1.29, 1.82) is 0 Å². The van der Waals surface area contributed by atoms with Crippen LogP contribution in [0.1, 0.15) is 47.5 Å². The molecule has 1 aliphatic rings. The summed E-state index contributed by atoms with van der Waals surface area (Å²) in [4.78, 5) is 0. The van der Waals surface area contributed by atoms with Crippen molar-refractivity contribution in [2.75, 3.05) is 0 Å². The second-order valence-electron chi connectivity index (χ2n) is 5.75. The second kappa shape index (κ2) is 4.26. The Labute approximate surface area is 117 Å². The summed E-state index contributed by atoms with van der Waals surface area (Å²) in [6.07, 6.45) is 0. The minimum atomic E-state index is -0.280. The quantitative estimate of drug-likeness (QED) is 0.666. The van der Waals surface area contributed by atoms with Gasteiger partial charge in [-0.25, -0.2) is 0 Å². The Bertz CT molecular complexity index is 430. The third-order valence-electron chi connectivity index (χ3n) is 4.48. The zero-order chi connectivity index (χ0) is 12.1. The molecule has 90 valence electrons. The van der Waals surface area contributed by atoms with Crippen LogP contribution in [0.3, 0.4) is 0 Å². The molecule has 1 aromatic carbocycles. The number of phenolic OH excluding ortho intramolecular Hbond substituents is 1. The van der Waals surface area contributed by atoms with Crippen molar-refractivity contribution in [3.8, 4) is 11.5 Å². The van der Waals surface area contributed by atoms with Crippen LogP contribution < -0.4 is 23.6 Å². The van der Waals surface area contributed by atoms with E-state index < -0.39 is 0 Å². The van der Waals surface area contributed by atoms with E-state index in [2.05, 4.69) is 34.6 Å². The molecular weight excluding hydrogens is 207 g/mol. The summed E-state index contributed by atoms with van der Waals surface area (Å²) in [7, 11) is 0. The maximum atomic E-state index is 9.85. The van der Waals surface area contributed by atoms with Crippen molar-refractivity contribution in [3.05, 3.63) is 23.8 Å². The fourth-order valence-electron chi connectivity index (χ4n) is 2.29. The van der Waals surface area contributed by atoms with Crippen LogP contribution in [0.25, 0.3) is 0 Å². The molecule has 1 N–H and O–H groups in total. The molecule has 1 unspecified atom stereocenters. The molecule has 0 saturated heterocycles. The van der Waals surface area contributed by atoms with E-state index in [9.17, 15) is 5.11 Å². The summed E-state index contributed by atoms with van der Waals surface area (Å²) < 4.78 is 5.99. The van der Waals surface area contributed by atoms with Crippen molar-refractivity contribution in [1.82, 2.24) is 0 Å². The molecule has 0 bridgehead atoms. The van der Waals surface area contributed by atoms with Crippen LogP contribution in [0.4, 0.5) is 0 Å². The van der Waals surface area contributed by atoms with E-state index in [0.717, 1.165) is 5.56 Å². The van der Waals surface area contributed by atoms with E-state index in [-0.39, 0.29) is 37.1 Å². The zero-order valence-electron chi connectivity index (χ0n) is 12.7. The van der Waals surface area contributed by atoms with Crippen LogP contribution >= 0.6 is 0 Å². The molecule has 0 saturated carbocycles. The van der Waals surface area contributed by atoms with Gasteiger partial charge in [-0.2, -0.15) is 0 Å². The van der Waals surface area contributed by atoms with Crippen molar-refractivity contribution < 1.29 is 30.1 Å². The van der Waals surface area contributed by atoms with Gasteiger partial charge in [0.05, 0.1) is 0 Å². The molecule has 2 nitrogen and oxygen atoms in total. The smallest absolute Gasteiger partial charge is 1.00 e. The number of rotatable bonds is 0. The first-order valence-electron chi connectivity index (χ1n) is 5.78. The van der Waals surface area contributed by atoms with Crippen LogP contribution in [0.5, 0.6) is 11.5 Å². The fraction of sp³-hybridized carbons (Fsp3) is 0.571. The number of hydrogen-bond acceptors (Lipinski definition) is 2. The summed E-state index contributed by atoms with van der Waals surface area (Å²) in [5.74, 6) is 1.26. The van der Waals surface area contributed by atoms with Gasteiger partial charge in [0.2, 0.25) is 0 Å². The van der Waals surface area contributed by atoms with Gasteiger partial charge in [-0.05, 0) is 25.8 Å². The summed E-state index contributed by atoms with van der Waals surface area (Å²) in [6, 6.07) is 5.60. The van der Waals surface area contributed by atoms with Crippen LogP contribution in [-0.2, 0) is 0 Å². The topological polar surface area (TPSA) is 29.5 Å². The number of phenols is 1. The normalized spacial score (nSPS) is 24.2. The standard InChI is InChI=1S/C14H20O2.Li.H/c1-9-10-7-6-8-11(15)12(10)16-14(4,5)13(9,2)3;;/h6-9,15H,1-5H3;;/q;+1;-1. The van der Waals surface area contributed by atoms with Gasteiger partial charge in [-0.3, -0.25) is 0 Å². The molecular formula is C14H21LiO2. The number of aromatic hydroxyl groups is 1. The largest absolute Gasteiger partial charge is 1.00 e. The first kappa shape index (κ1) is 14.5. The average molecular weight is 228 g/mol. The molecule has 1 aliphatic heterocycles. The zero-order valence-corrected chi connectivity index (χ0v) is 11.7. The van der Waals surface area contributed by atoms with E-state index in [0.29, 0.717) is 11.7 Å². The van der Waals surface area contributed by atoms with Crippen molar-refractivity contribution in [2.24, 2.45) is 5.41 Å². The average Bonchev–Trinajstić information content (AvgIpc) is 2.18. The Hall–Kier alpha value is -0.583. The molecule has 0 aromatic heterocycles. The summed E-state index contributed by atoms with van der Waals surface area (Å²) in [5.41, 5.74) is 0.857. The van der Waals surface area contributed by atoms with Crippen LogP contribution in [0, 0.1) is 5.41 Å². The molecule has 0 radical (unpaired) electrons. The second-order valence-corrected chi connectivity index (χ2v) is 5.75. The Morgan fingerprint density at radius 2 is 1.82 bits per heavy atom. The predicted molar refractivity (Wildman–Crippen MR) is 66.1 cm³/mol. The van der Waals surface area contributed by atoms with E-state index in [1.54, 1.807) is 6.07 Å². The molecule has 0 aliphatic carbocycles. The van der Waals surface area contributed by atoms with E-state index >= 15 is 0 Å². The molecule has 0 fully saturated rings. The number of para-hydroxylation sites is 1. The molecule has 2 rings (SSSR count). The SMILES string of the molecule is CC1c2cccc(O)c2OC(C)(C)C1(C)C.[H-].[Li+]. The molecule has 17 heavy (non-hydrogen) atoms. The van der Waals surface area contributed by atoms with Gasteiger partial charge in [-0.1, -0.05) is 32.9 Å². The van der Waals surface area contributed by atoms with Crippen molar-refractivity contribution in [3.63, 3.8) is 0 Å². The summed E-state index contributed by atoms with van der Waals surface area (Å²) >= 11 is 0. The molecule has 0 amide bonds. The van der Waals surface area contributed by atoms with Crippen molar-refractivity contribution in [2.45, 2.75) is 46.1 Å². The molecule has 3 heteroatoms. The van der Waals surface area contributed by atoms with Gasteiger partial charge in [0.25, 0.3) is 0 Å². The Morgan fingerprint density at radius 3 is 2.41 bits per heavy atom. The van der Waals surface area contributed by atoms with E-state index in [1.165, 1.54) is 0 Å². The predicted octanol–water partition coefficient (Wildman–Crippen LogP) is 0.809. The van der Waals surface area contributed by atoms with E-state index in [4.69, 9.17) is 4.74 Å². The Morgan fingerprint density at radius 1 is 1.24 bits per heavy atom. The Balaban J connectivity index is 0.00000144. The van der Waals surface area contributed by atoms with E-state index in [1.807, 2.05) is 12.1 Å². The van der Waals surface area contributed by atoms with Gasteiger partial charge in [0, 0.05) is 11.0 Å². The first-order chi connectivity index (χ1) is 7.27. The molecule has 1 atom stereocenters. The number of hydrogen-bond donors (Lipinski definition) is 1. The first-order valence-corrected chi connectivity index (χ1v) is 5.78. The number of ether oxygens (including phenoxy) is 1. The number of fused-ring (bicyclic) bond motifs is 1. The minimum Gasteiger partial charge on any atom is -1.00 e. The fourth-order valence-corrected chi connectivity index (χ4v) is 2.29. The monoisotopic (exact) mass is 228 g/mol. The summed E-state index contributed by atoms with van der Waals surface area (Å²) in [5, 5.41) is 9.85. The van der Waals surface area contributed by atoms with Crippen molar-refractivity contribution >= 4 is 0 Å². The van der Waals surface area contributed by atoms with Crippen LogP contribution in [0.15, 0.2) is 18.2 Å². The summed E-state index contributed by atoms with van der Waals surface area (Å²) in [6.45, 7) is 10.8. The van der Waals surface area contributed by atoms with Gasteiger partial charge in [-0.15, -0.1) is 0 Å². The minimum absolute atomic E-state index is 0. The van der Waals surface area contributed by atoms with Crippen LogP contribution in [-0.4, -0.2) is 10.7 Å². The maximum absolute atomic E-state index is 9.85. The van der Waals surface area contributed by atoms with Crippen LogP contribution in [0.2, 0.25) is 0 Å². The van der Waals surface area contributed by atoms with Gasteiger partial charge in [0.1, 0.15) is 5.60 Å². The maximum Gasteiger partial charge on any atom is 1.00 e. The van der Waals surface area contributed by atoms with Gasteiger partial charge in [0.15, 0.2) is 11.5 Å². The Kier molecular flexibility index (Phi) is 3.63.